The van der Waals surface area contributed by atoms with Crippen LogP contribution >= 0.6 is 11.3 Å². The largest absolute Gasteiger partial charge is 0.386 e. The van der Waals surface area contributed by atoms with Crippen molar-refractivity contribution in [2.75, 3.05) is 11.4 Å². The van der Waals surface area contributed by atoms with Gasteiger partial charge in [-0.25, -0.2) is 4.98 Å². The maximum absolute atomic E-state index is 10.5. The zero-order valence-corrected chi connectivity index (χ0v) is 13.9. The average molecular weight is 335 g/mol. The third-order valence-corrected chi connectivity index (χ3v) is 4.63. The third kappa shape index (κ3) is 3.99. The van der Waals surface area contributed by atoms with E-state index in [1.807, 2.05) is 64.9 Å². The normalized spacial score (nSPS) is 11.7. The maximum atomic E-state index is 10.5. The van der Waals surface area contributed by atoms with E-state index in [1.54, 1.807) is 6.07 Å². The van der Waals surface area contributed by atoms with E-state index in [0.29, 0.717) is 24.6 Å². The molecule has 24 heavy (non-hydrogen) atoms. The van der Waals surface area contributed by atoms with Crippen LogP contribution in [-0.2, 0) is 6.54 Å². The fourth-order valence-corrected chi connectivity index (χ4v) is 3.19. The summed E-state index contributed by atoms with van der Waals surface area (Å²) in [6, 6.07) is 21.3. The van der Waals surface area contributed by atoms with Gasteiger partial charge < -0.3 is 10.0 Å². The lowest BCUT2D eigenvalue weighted by atomic mass is 10.2. The Morgan fingerprint density at radius 2 is 1.92 bits per heavy atom. The second-order valence-electron chi connectivity index (χ2n) is 5.39. The van der Waals surface area contributed by atoms with Gasteiger partial charge in [0.05, 0.1) is 6.54 Å². The molecule has 4 nitrogen and oxygen atoms in total. The molecule has 2 heterocycles. The van der Waals surface area contributed by atoms with E-state index in [2.05, 4.69) is 11.1 Å². The van der Waals surface area contributed by atoms with Crippen LogP contribution in [0.2, 0.25) is 0 Å². The molecule has 0 spiro atoms. The number of aliphatic hydroxyl groups excluding tert-OH is 1. The first-order chi connectivity index (χ1) is 11.8. The summed E-state index contributed by atoms with van der Waals surface area (Å²) in [5, 5.41) is 21.6. The Labute approximate surface area is 145 Å². The van der Waals surface area contributed by atoms with E-state index in [0.717, 1.165) is 10.4 Å². The lowest BCUT2D eigenvalue weighted by Crippen LogP contribution is -2.28. The van der Waals surface area contributed by atoms with Crippen LogP contribution in [0.3, 0.4) is 0 Å². The van der Waals surface area contributed by atoms with Gasteiger partial charge in [-0.3, -0.25) is 0 Å². The Morgan fingerprint density at radius 1 is 1.08 bits per heavy atom. The Morgan fingerprint density at radius 3 is 2.62 bits per heavy atom. The van der Waals surface area contributed by atoms with E-state index in [4.69, 9.17) is 5.26 Å². The molecule has 120 valence electrons. The van der Waals surface area contributed by atoms with Gasteiger partial charge in [-0.05, 0) is 29.1 Å². The second-order valence-corrected chi connectivity index (χ2v) is 6.37. The number of nitrogens with zero attached hydrogens (tertiary/aromatic N) is 3. The van der Waals surface area contributed by atoms with Crippen LogP contribution in [0.25, 0.3) is 0 Å². The van der Waals surface area contributed by atoms with Gasteiger partial charge >= 0.3 is 0 Å². The summed E-state index contributed by atoms with van der Waals surface area (Å²) in [6.07, 6.45) is -0.596. The molecule has 0 aliphatic heterocycles. The monoisotopic (exact) mass is 335 g/mol. The summed E-state index contributed by atoms with van der Waals surface area (Å²) >= 11 is 1.53. The van der Waals surface area contributed by atoms with Crippen molar-refractivity contribution in [2.24, 2.45) is 0 Å². The van der Waals surface area contributed by atoms with Crippen molar-refractivity contribution in [3.8, 4) is 6.07 Å². The quantitative estimate of drug-likeness (QED) is 0.745. The number of aromatic nitrogens is 1. The number of pyridine rings is 1. The highest BCUT2D eigenvalue weighted by molar-refractivity contribution is 7.10. The Kier molecular flexibility index (Phi) is 5.22. The number of thiophene rings is 1. The summed E-state index contributed by atoms with van der Waals surface area (Å²) in [7, 11) is 0. The average Bonchev–Trinajstić information content (AvgIpc) is 3.17. The Bertz CT molecular complexity index is 812. The highest BCUT2D eigenvalue weighted by Gasteiger charge is 2.17. The van der Waals surface area contributed by atoms with Gasteiger partial charge in [-0.15, -0.1) is 11.3 Å². The van der Waals surface area contributed by atoms with Crippen molar-refractivity contribution >= 4 is 17.2 Å². The van der Waals surface area contributed by atoms with Gasteiger partial charge in [0.2, 0.25) is 0 Å². The molecule has 1 aromatic carbocycles. The maximum Gasteiger partial charge on any atom is 0.142 e. The van der Waals surface area contributed by atoms with Crippen LogP contribution in [0.4, 0.5) is 5.82 Å². The molecule has 0 bridgehead atoms. The number of nitriles is 1. The molecule has 5 heteroatoms. The first-order valence-electron chi connectivity index (χ1n) is 7.64. The summed E-state index contributed by atoms with van der Waals surface area (Å²) < 4.78 is 0. The molecule has 0 saturated carbocycles. The standard InChI is InChI=1S/C19H17N3OS/c20-12-16-8-4-10-19(21-16)22(13-15-6-2-1-3-7-15)14-17(23)18-9-5-11-24-18/h1-11,17,23H,13-14H2. The highest BCUT2D eigenvalue weighted by Crippen LogP contribution is 2.23. The molecule has 1 atom stereocenters. The number of anilines is 1. The first kappa shape index (κ1) is 16.2. The minimum absolute atomic E-state index is 0.371. The lowest BCUT2D eigenvalue weighted by molar-refractivity contribution is 0.186. The molecule has 0 radical (unpaired) electrons. The van der Waals surface area contributed by atoms with Gasteiger partial charge in [-0.2, -0.15) is 5.26 Å². The number of hydrogen-bond acceptors (Lipinski definition) is 5. The zero-order chi connectivity index (χ0) is 16.8. The summed E-state index contributed by atoms with van der Waals surface area (Å²) in [4.78, 5) is 7.30. The fraction of sp³-hybridized carbons (Fsp3) is 0.158. The lowest BCUT2D eigenvalue weighted by Gasteiger charge is -2.26. The smallest absolute Gasteiger partial charge is 0.142 e. The third-order valence-electron chi connectivity index (χ3n) is 3.65. The molecule has 0 aliphatic carbocycles. The van der Waals surface area contributed by atoms with Crippen molar-refractivity contribution in [1.29, 1.82) is 5.26 Å². The molecular formula is C19H17N3OS. The minimum atomic E-state index is -0.596. The molecule has 0 aliphatic rings. The SMILES string of the molecule is N#Cc1cccc(N(Cc2ccccc2)CC(O)c2cccs2)n1. The van der Waals surface area contributed by atoms with Gasteiger partial charge in [0.15, 0.2) is 0 Å². The van der Waals surface area contributed by atoms with Crippen LogP contribution in [0.15, 0.2) is 66.0 Å². The number of rotatable bonds is 6. The number of benzene rings is 1. The van der Waals surface area contributed by atoms with Crippen molar-refractivity contribution in [1.82, 2.24) is 4.98 Å². The number of aliphatic hydroxyl groups is 1. The van der Waals surface area contributed by atoms with Crippen LogP contribution in [0.1, 0.15) is 22.2 Å². The van der Waals surface area contributed by atoms with Gasteiger partial charge in [-0.1, -0.05) is 42.5 Å². The van der Waals surface area contributed by atoms with Gasteiger partial charge in [0.25, 0.3) is 0 Å². The molecule has 1 N–H and O–H groups in total. The molecule has 3 rings (SSSR count). The topological polar surface area (TPSA) is 60.2 Å². The van der Waals surface area contributed by atoms with Gasteiger partial charge in [0.1, 0.15) is 23.7 Å². The van der Waals surface area contributed by atoms with Crippen molar-refractivity contribution in [3.63, 3.8) is 0 Å². The van der Waals surface area contributed by atoms with Crippen LogP contribution < -0.4 is 4.90 Å². The summed E-state index contributed by atoms with van der Waals surface area (Å²) in [5.41, 5.74) is 1.50. The van der Waals surface area contributed by atoms with E-state index < -0.39 is 6.10 Å². The second kappa shape index (κ2) is 7.73. The van der Waals surface area contributed by atoms with Crippen molar-refractivity contribution < 1.29 is 5.11 Å². The van der Waals surface area contributed by atoms with Crippen LogP contribution in [-0.4, -0.2) is 16.6 Å². The summed E-state index contributed by atoms with van der Waals surface area (Å²) in [6.45, 7) is 1.03. The van der Waals surface area contributed by atoms with Crippen molar-refractivity contribution in [2.45, 2.75) is 12.6 Å². The predicted octanol–water partition coefficient (Wildman–Crippen LogP) is 3.75. The Hall–Kier alpha value is -2.68. The molecule has 0 fully saturated rings. The zero-order valence-electron chi connectivity index (χ0n) is 13.0. The van der Waals surface area contributed by atoms with E-state index >= 15 is 0 Å². The van der Waals surface area contributed by atoms with Crippen LogP contribution in [0.5, 0.6) is 0 Å². The molecular weight excluding hydrogens is 318 g/mol. The first-order valence-corrected chi connectivity index (χ1v) is 8.52. The molecule has 0 saturated heterocycles. The predicted molar refractivity (Wildman–Crippen MR) is 95.7 cm³/mol. The van der Waals surface area contributed by atoms with Crippen molar-refractivity contribution in [3.05, 3.63) is 82.2 Å². The van der Waals surface area contributed by atoms with Gasteiger partial charge in [0, 0.05) is 11.4 Å². The number of hydrogen-bond donors (Lipinski definition) is 1. The minimum Gasteiger partial charge on any atom is -0.386 e. The fourth-order valence-electron chi connectivity index (χ4n) is 2.48. The van der Waals surface area contributed by atoms with E-state index in [-0.39, 0.29) is 0 Å². The van der Waals surface area contributed by atoms with Crippen LogP contribution in [0, 0.1) is 11.3 Å². The van der Waals surface area contributed by atoms with E-state index in [1.165, 1.54) is 11.3 Å². The molecule has 0 amide bonds. The Balaban J connectivity index is 1.86. The highest BCUT2D eigenvalue weighted by atomic mass is 32.1. The molecule has 1 unspecified atom stereocenters. The molecule has 3 aromatic rings. The molecule has 2 aromatic heterocycles. The van der Waals surface area contributed by atoms with E-state index in [9.17, 15) is 5.11 Å². The summed E-state index contributed by atoms with van der Waals surface area (Å²) in [5.74, 6) is 0.688.